The molecular weight excluding hydrogens is 270 g/mol. The SMILES string of the molecule is CC(=O)CCC(=O)N(C)c1ccc(Br)cc1. The van der Waals surface area contributed by atoms with Crippen LogP contribution in [0.4, 0.5) is 5.69 Å². The maximum Gasteiger partial charge on any atom is 0.227 e. The van der Waals surface area contributed by atoms with Crippen molar-refractivity contribution in [3.05, 3.63) is 28.7 Å². The first-order valence-electron chi connectivity index (χ1n) is 5.02. The van der Waals surface area contributed by atoms with Crippen molar-refractivity contribution in [2.75, 3.05) is 11.9 Å². The third kappa shape index (κ3) is 3.77. The molecule has 0 radical (unpaired) electrons. The average molecular weight is 284 g/mol. The summed E-state index contributed by atoms with van der Waals surface area (Å²) in [5.74, 6) is -0.00456. The van der Waals surface area contributed by atoms with Crippen molar-refractivity contribution in [3.63, 3.8) is 0 Å². The standard InChI is InChI=1S/C12H14BrNO2/c1-9(15)3-8-12(16)14(2)11-6-4-10(13)5-7-11/h4-7H,3,8H2,1-2H3. The Kier molecular flexibility index (Phi) is 4.68. The Labute approximate surface area is 104 Å². The number of benzene rings is 1. The van der Waals surface area contributed by atoms with Crippen molar-refractivity contribution >= 4 is 33.3 Å². The van der Waals surface area contributed by atoms with Gasteiger partial charge in [-0.1, -0.05) is 15.9 Å². The van der Waals surface area contributed by atoms with Gasteiger partial charge in [0.25, 0.3) is 0 Å². The third-order valence-electron chi connectivity index (χ3n) is 2.28. The fraction of sp³-hybridized carbons (Fsp3) is 0.333. The van der Waals surface area contributed by atoms with Crippen LogP contribution in [0, 0.1) is 0 Å². The first-order valence-corrected chi connectivity index (χ1v) is 5.81. The summed E-state index contributed by atoms with van der Waals surface area (Å²) in [5, 5.41) is 0. The molecule has 0 heterocycles. The second-order valence-corrected chi connectivity index (χ2v) is 4.55. The van der Waals surface area contributed by atoms with E-state index in [4.69, 9.17) is 0 Å². The van der Waals surface area contributed by atoms with E-state index in [0.717, 1.165) is 10.2 Å². The van der Waals surface area contributed by atoms with E-state index in [-0.39, 0.29) is 18.1 Å². The van der Waals surface area contributed by atoms with Gasteiger partial charge >= 0.3 is 0 Å². The zero-order chi connectivity index (χ0) is 12.1. The van der Waals surface area contributed by atoms with Crippen molar-refractivity contribution in [3.8, 4) is 0 Å². The summed E-state index contributed by atoms with van der Waals surface area (Å²) in [6.45, 7) is 1.49. The van der Waals surface area contributed by atoms with E-state index in [1.165, 1.54) is 6.92 Å². The zero-order valence-corrected chi connectivity index (χ0v) is 11.0. The molecule has 0 saturated heterocycles. The fourth-order valence-corrected chi connectivity index (χ4v) is 1.52. The Bertz CT molecular complexity index is 387. The molecule has 0 aromatic heterocycles. The molecule has 0 N–H and O–H groups in total. The molecule has 0 unspecified atom stereocenters. The highest BCUT2D eigenvalue weighted by Crippen LogP contribution is 2.18. The minimum absolute atomic E-state index is 0.0394. The molecule has 0 bridgehead atoms. The molecule has 0 aliphatic carbocycles. The van der Waals surface area contributed by atoms with Crippen LogP contribution < -0.4 is 4.90 Å². The van der Waals surface area contributed by atoms with E-state index >= 15 is 0 Å². The Morgan fingerprint density at radius 1 is 1.19 bits per heavy atom. The first-order chi connectivity index (χ1) is 7.50. The van der Waals surface area contributed by atoms with E-state index in [1.807, 2.05) is 24.3 Å². The third-order valence-corrected chi connectivity index (χ3v) is 2.81. The summed E-state index contributed by atoms with van der Waals surface area (Å²) >= 11 is 3.33. The Balaban J connectivity index is 2.63. The van der Waals surface area contributed by atoms with E-state index in [2.05, 4.69) is 15.9 Å². The molecule has 16 heavy (non-hydrogen) atoms. The van der Waals surface area contributed by atoms with Gasteiger partial charge in [0.05, 0.1) is 0 Å². The maximum absolute atomic E-state index is 11.7. The second-order valence-electron chi connectivity index (χ2n) is 3.63. The summed E-state index contributed by atoms with van der Waals surface area (Å²) in [6, 6.07) is 7.47. The largest absolute Gasteiger partial charge is 0.315 e. The molecule has 0 atom stereocenters. The van der Waals surface area contributed by atoms with Crippen LogP contribution in [-0.4, -0.2) is 18.7 Å². The molecule has 1 rings (SSSR count). The molecule has 0 aliphatic heterocycles. The van der Waals surface area contributed by atoms with E-state index in [9.17, 15) is 9.59 Å². The maximum atomic E-state index is 11.7. The van der Waals surface area contributed by atoms with Crippen molar-refractivity contribution < 1.29 is 9.59 Å². The monoisotopic (exact) mass is 283 g/mol. The Morgan fingerprint density at radius 2 is 1.75 bits per heavy atom. The number of rotatable bonds is 4. The minimum Gasteiger partial charge on any atom is -0.315 e. The van der Waals surface area contributed by atoms with Gasteiger partial charge in [0.15, 0.2) is 0 Å². The van der Waals surface area contributed by atoms with Gasteiger partial charge in [-0.15, -0.1) is 0 Å². The van der Waals surface area contributed by atoms with Crippen molar-refractivity contribution in [1.82, 2.24) is 0 Å². The lowest BCUT2D eigenvalue weighted by Gasteiger charge is -2.16. The van der Waals surface area contributed by atoms with Gasteiger partial charge in [-0.3, -0.25) is 4.79 Å². The highest BCUT2D eigenvalue weighted by Gasteiger charge is 2.11. The number of ketones is 1. The number of carbonyl (C=O) groups excluding carboxylic acids is 2. The van der Waals surface area contributed by atoms with E-state index < -0.39 is 0 Å². The molecule has 1 amide bonds. The summed E-state index contributed by atoms with van der Waals surface area (Å²) in [6.07, 6.45) is 0.571. The van der Waals surface area contributed by atoms with E-state index in [1.54, 1.807) is 11.9 Å². The molecule has 86 valence electrons. The van der Waals surface area contributed by atoms with Crippen LogP contribution in [0.2, 0.25) is 0 Å². The summed E-state index contributed by atoms with van der Waals surface area (Å²) < 4.78 is 0.973. The number of amides is 1. The number of halogens is 1. The number of hydrogen-bond donors (Lipinski definition) is 0. The van der Waals surface area contributed by atoms with Crippen LogP contribution in [-0.2, 0) is 9.59 Å². The quantitative estimate of drug-likeness (QED) is 0.852. The van der Waals surface area contributed by atoms with Gasteiger partial charge in [0.2, 0.25) is 5.91 Å². The molecule has 0 aliphatic rings. The summed E-state index contributed by atoms with van der Waals surface area (Å²) in [4.78, 5) is 24.0. The van der Waals surface area contributed by atoms with Crippen LogP contribution in [0.5, 0.6) is 0 Å². The van der Waals surface area contributed by atoms with Crippen LogP contribution in [0.15, 0.2) is 28.7 Å². The highest BCUT2D eigenvalue weighted by atomic mass is 79.9. The van der Waals surface area contributed by atoms with Crippen LogP contribution in [0.3, 0.4) is 0 Å². The molecular formula is C12H14BrNO2. The summed E-state index contributed by atoms with van der Waals surface area (Å²) in [7, 11) is 1.71. The topological polar surface area (TPSA) is 37.4 Å². The lowest BCUT2D eigenvalue weighted by atomic mass is 10.2. The molecule has 0 fully saturated rings. The van der Waals surface area contributed by atoms with Crippen molar-refractivity contribution in [2.24, 2.45) is 0 Å². The predicted molar refractivity (Wildman–Crippen MR) is 67.5 cm³/mol. The average Bonchev–Trinajstić information content (AvgIpc) is 2.26. The van der Waals surface area contributed by atoms with Gasteiger partial charge in [-0.25, -0.2) is 0 Å². The van der Waals surface area contributed by atoms with Gasteiger partial charge in [-0.2, -0.15) is 0 Å². The number of hydrogen-bond acceptors (Lipinski definition) is 2. The zero-order valence-electron chi connectivity index (χ0n) is 9.37. The molecule has 1 aromatic carbocycles. The first kappa shape index (κ1) is 12.9. The molecule has 0 saturated carbocycles. The number of carbonyl (C=O) groups is 2. The van der Waals surface area contributed by atoms with Crippen LogP contribution >= 0.6 is 15.9 Å². The highest BCUT2D eigenvalue weighted by molar-refractivity contribution is 9.10. The number of nitrogens with zero attached hydrogens (tertiary/aromatic N) is 1. The molecule has 0 spiro atoms. The van der Waals surface area contributed by atoms with Crippen LogP contribution in [0.1, 0.15) is 19.8 Å². The normalized spacial score (nSPS) is 9.94. The molecule has 1 aromatic rings. The number of Topliss-reactive ketones (excluding diaryl/α,β-unsaturated/α-hetero) is 1. The van der Waals surface area contributed by atoms with Gasteiger partial charge < -0.3 is 9.69 Å². The van der Waals surface area contributed by atoms with Gasteiger partial charge in [-0.05, 0) is 31.2 Å². The van der Waals surface area contributed by atoms with Gasteiger partial charge in [0.1, 0.15) is 5.78 Å². The smallest absolute Gasteiger partial charge is 0.227 e. The van der Waals surface area contributed by atoms with Crippen molar-refractivity contribution in [1.29, 1.82) is 0 Å². The second kappa shape index (κ2) is 5.80. The van der Waals surface area contributed by atoms with Crippen LogP contribution in [0.25, 0.3) is 0 Å². The minimum atomic E-state index is -0.0440. The van der Waals surface area contributed by atoms with E-state index in [0.29, 0.717) is 6.42 Å². The predicted octanol–water partition coefficient (Wildman–Crippen LogP) is 2.78. The fourth-order valence-electron chi connectivity index (χ4n) is 1.26. The lowest BCUT2D eigenvalue weighted by Crippen LogP contribution is -2.26. The summed E-state index contributed by atoms with van der Waals surface area (Å²) in [5.41, 5.74) is 0.830. The Morgan fingerprint density at radius 3 is 2.25 bits per heavy atom. The molecule has 3 nitrogen and oxygen atoms in total. The molecule has 4 heteroatoms. The lowest BCUT2D eigenvalue weighted by molar-refractivity contribution is -0.122. The van der Waals surface area contributed by atoms with Gasteiger partial charge in [0, 0.05) is 30.0 Å². The number of anilines is 1. The van der Waals surface area contributed by atoms with Crippen molar-refractivity contribution in [2.45, 2.75) is 19.8 Å². The Hall–Kier alpha value is -1.16.